The molecule has 0 atom stereocenters. The molecule has 2 aromatic carbocycles. The van der Waals surface area contributed by atoms with Gasteiger partial charge in [-0.05, 0) is 31.2 Å². The van der Waals surface area contributed by atoms with E-state index in [1.54, 1.807) is 12.1 Å². The third-order valence-corrected chi connectivity index (χ3v) is 2.46. The van der Waals surface area contributed by atoms with E-state index in [0.29, 0.717) is 5.69 Å². The number of nitrogens with zero attached hydrogens (tertiary/aromatic N) is 1. The first-order chi connectivity index (χ1) is 8.20. The molecule has 0 aliphatic heterocycles. The molecule has 0 aliphatic carbocycles. The second-order valence-corrected chi connectivity index (χ2v) is 3.77. The van der Waals surface area contributed by atoms with Gasteiger partial charge in [0.1, 0.15) is 17.4 Å². The lowest BCUT2D eigenvalue weighted by Crippen LogP contribution is -1.95. The summed E-state index contributed by atoms with van der Waals surface area (Å²) in [7, 11) is 0. The number of anilines is 2. The van der Waals surface area contributed by atoms with Crippen molar-refractivity contribution in [3.05, 3.63) is 59.4 Å². The van der Waals surface area contributed by atoms with Crippen LogP contribution in [0.5, 0.6) is 0 Å². The fraction of sp³-hybridized carbons (Fsp3) is 0.0714. The summed E-state index contributed by atoms with van der Waals surface area (Å²) in [6.45, 7) is 1.99. The number of hydrogen-bond donors (Lipinski definition) is 1. The van der Waals surface area contributed by atoms with Gasteiger partial charge in [0.05, 0.1) is 5.69 Å². The molecule has 1 N–H and O–H groups in total. The predicted octanol–water partition coefficient (Wildman–Crippen LogP) is 3.75. The van der Waals surface area contributed by atoms with Gasteiger partial charge >= 0.3 is 0 Å². The van der Waals surface area contributed by atoms with Crippen LogP contribution in [0.25, 0.3) is 0 Å². The molecule has 0 unspecified atom stereocenters. The summed E-state index contributed by atoms with van der Waals surface area (Å²) in [5.41, 5.74) is 2.50. The summed E-state index contributed by atoms with van der Waals surface area (Å²) in [5.74, 6) is -0.510. The molecular formula is C14H11FN2. The van der Waals surface area contributed by atoms with E-state index < -0.39 is 5.82 Å². The lowest BCUT2D eigenvalue weighted by molar-refractivity contribution is 0.624. The second-order valence-electron chi connectivity index (χ2n) is 3.77. The first-order valence-corrected chi connectivity index (χ1v) is 5.23. The molecule has 0 fully saturated rings. The van der Waals surface area contributed by atoms with E-state index in [-0.39, 0.29) is 5.56 Å². The van der Waals surface area contributed by atoms with Crippen LogP contribution >= 0.6 is 0 Å². The number of nitrogens with one attached hydrogen (secondary N) is 1. The van der Waals surface area contributed by atoms with E-state index in [4.69, 9.17) is 5.26 Å². The van der Waals surface area contributed by atoms with Crippen molar-refractivity contribution in [2.75, 3.05) is 5.32 Å². The Morgan fingerprint density at radius 2 is 1.82 bits per heavy atom. The smallest absolute Gasteiger partial charge is 0.143 e. The Hall–Kier alpha value is -2.34. The van der Waals surface area contributed by atoms with Crippen molar-refractivity contribution >= 4 is 11.4 Å². The maximum absolute atomic E-state index is 13.4. The molecule has 2 nitrogen and oxygen atoms in total. The fourth-order valence-electron chi connectivity index (χ4n) is 1.53. The molecule has 0 saturated carbocycles. The van der Waals surface area contributed by atoms with Gasteiger partial charge in [-0.3, -0.25) is 0 Å². The van der Waals surface area contributed by atoms with Gasteiger partial charge in [0, 0.05) is 5.69 Å². The molecule has 17 heavy (non-hydrogen) atoms. The maximum Gasteiger partial charge on any atom is 0.143 e. The standard InChI is InChI=1S/C14H11FN2/c1-10-5-7-11(8-6-10)17-14-4-2-3-13(15)12(14)9-16/h2-8,17H,1H3. The average Bonchev–Trinajstić information content (AvgIpc) is 2.32. The lowest BCUT2D eigenvalue weighted by atomic mass is 10.1. The minimum absolute atomic E-state index is 0.0353. The van der Waals surface area contributed by atoms with Gasteiger partial charge in [-0.15, -0.1) is 0 Å². The zero-order valence-electron chi connectivity index (χ0n) is 9.37. The Balaban J connectivity index is 2.34. The van der Waals surface area contributed by atoms with Gasteiger partial charge in [0.15, 0.2) is 0 Å². The normalized spacial score (nSPS) is 9.71. The summed E-state index contributed by atoms with van der Waals surface area (Å²) < 4.78 is 13.4. The summed E-state index contributed by atoms with van der Waals surface area (Å²) in [6.07, 6.45) is 0. The Kier molecular flexibility index (Phi) is 3.06. The second kappa shape index (κ2) is 4.67. The van der Waals surface area contributed by atoms with Gasteiger partial charge in [0.2, 0.25) is 0 Å². The summed E-state index contributed by atoms with van der Waals surface area (Å²) >= 11 is 0. The van der Waals surface area contributed by atoms with Crippen molar-refractivity contribution in [1.29, 1.82) is 5.26 Å². The predicted molar refractivity (Wildman–Crippen MR) is 65.6 cm³/mol. The first-order valence-electron chi connectivity index (χ1n) is 5.23. The molecule has 0 bridgehead atoms. The first kappa shape index (κ1) is 11.2. The molecule has 3 heteroatoms. The van der Waals surface area contributed by atoms with E-state index in [1.807, 2.05) is 37.3 Å². The van der Waals surface area contributed by atoms with Crippen LogP contribution in [0.1, 0.15) is 11.1 Å². The molecular weight excluding hydrogens is 215 g/mol. The molecule has 0 radical (unpaired) electrons. The zero-order valence-corrected chi connectivity index (χ0v) is 9.37. The van der Waals surface area contributed by atoms with Crippen LogP contribution in [-0.4, -0.2) is 0 Å². The molecule has 0 saturated heterocycles. The molecule has 2 rings (SSSR count). The summed E-state index contributed by atoms with van der Waals surface area (Å²) in [4.78, 5) is 0. The summed E-state index contributed by atoms with van der Waals surface area (Å²) in [6, 6.07) is 14.1. The number of hydrogen-bond acceptors (Lipinski definition) is 2. The number of nitriles is 1. The summed E-state index contributed by atoms with van der Waals surface area (Å²) in [5, 5.41) is 11.9. The van der Waals surface area contributed by atoms with Gasteiger partial charge in [-0.25, -0.2) is 4.39 Å². The van der Waals surface area contributed by atoms with Crippen LogP contribution in [0, 0.1) is 24.1 Å². The van der Waals surface area contributed by atoms with E-state index in [9.17, 15) is 4.39 Å². The number of halogens is 1. The number of rotatable bonds is 2. The van der Waals surface area contributed by atoms with Crippen LogP contribution in [0.2, 0.25) is 0 Å². The minimum atomic E-state index is -0.510. The Morgan fingerprint density at radius 1 is 1.12 bits per heavy atom. The minimum Gasteiger partial charge on any atom is -0.354 e. The van der Waals surface area contributed by atoms with E-state index in [2.05, 4.69) is 5.32 Å². The van der Waals surface area contributed by atoms with Crippen molar-refractivity contribution in [1.82, 2.24) is 0 Å². The SMILES string of the molecule is Cc1ccc(Nc2cccc(F)c2C#N)cc1. The highest BCUT2D eigenvalue weighted by molar-refractivity contribution is 5.66. The van der Waals surface area contributed by atoms with Gasteiger partial charge in [-0.2, -0.15) is 5.26 Å². The molecule has 0 heterocycles. The number of benzene rings is 2. The highest BCUT2D eigenvalue weighted by Gasteiger charge is 2.07. The monoisotopic (exact) mass is 226 g/mol. The largest absolute Gasteiger partial charge is 0.354 e. The van der Waals surface area contributed by atoms with Crippen molar-refractivity contribution in [2.45, 2.75) is 6.92 Å². The third kappa shape index (κ3) is 2.43. The van der Waals surface area contributed by atoms with E-state index in [1.165, 1.54) is 6.07 Å². The van der Waals surface area contributed by atoms with Gasteiger partial charge in [-0.1, -0.05) is 23.8 Å². The van der Waals surface area contributed by atoms with Crippen molar-refractivity contribution < 1.29 is 4.39 Å². The Labute approximate surface area is 99.3 Å². The highest BCUT2D eigenvalue weighted by atomic mass is 19.1. The molecule has 0 aliphatic rings. The Morgan fingerprint density at radius 3 is 2.47 bits per heavy atom. The molecule has 0 spiro atoms. The van der Waals surface area contributed by atoms with Crippen LogP contribution in [0.15, 0.2) is 42.5 Å². The molecule has 0 amide bonds. The highest BCUT2D eigenvalue weighted by Crippen LogP contribution is 2.22. The lowest BCUT2D eigenvalue weighted by Gasteiger charge is -2.08. The van der Waals surface area contributed by atoms with Crippen LogP contribution in [-0.2, 0) is 0 Å². The molecule has 0 aromatic heterocycles. The third-order valence-electron chi connectivity index (χ3n) is 2.46. The molecule has 2 aromatic rings. The van der Waals surface area contributed by atoms with Gasteiger partial charge < -0.3 is 5.32 Å². The average molecular weight is 226 g/mol. The van der Waals surface area contributed by atoms with Crippen LogP contribution in [0.4, 0.5) is 15.8 Å². The van der Waals surface area contributed by atoms with Crippen LogP contribution in [0.3, 0.4) is 0 Å². The van der Waals surface area contributed by atoms with E-state index in [0.717, 1.165) is 11.3 Å². The molecule has 84 valence electrons. The van der Waals surface area contributed by atoms with E-state index >= 15 is 0 Å². The van der Waals surface area contributed by atoms with Crippen molar-refractivity contribution in [3.8, 4) is 6.07 Å². The quantitative estimate of drug-likeness (QED) is 0.846. The van der Waals surface area contributed by atoms with Gasteiger partial charge in [0.25, 0.3) is 0 Å². The topological polar surface area (TPSA) is 35.8 Å². The zero-order chi connectivity index (χ0) is 12.3. The van der Waals surface area contributed by atoms with Crippen molar-refractivity contribution in [2.24, 2.45) is 0 Å². The maximum atomic E-state index is 13.4. The Bertz CT molecular complexity index is 568. The van der Waals surface area contributed by atoms with Crippen molar-refractivity contribution in [3.63, 3.8) is 0 Å². The number of aryl methyl sites for hydroxylation is 1. The fourth-order valence-corrected chi connectivity index (χ4v) is 1.53. The van der Waals surface area contributed by atoms with Crippen LogP contribution < -0.4 is 5.32 Å².